The molecule has 3 heteroatoms. The number of nitrogens with zero attached hydrogens (tertiary/aromatic N) is 2. The Morgan fingerprint density at radius 3 is 2.31 bits per heavy atom. The maximum absolute atomic E-state index is 4.20. The molecule has 1 N–H and O–H groups in total. The highest BCUT2D eigenvalue weighted by Crippen LogP contribution is 2.07. The smallest absolute Gasteiger partial charge is 0.125 e. The zero-order valence-electron chi connectivity index (χ0n) is 10.5. The van der Waals surface area contributed by atoms with Crippen molar-refractivity contribution in [3.63, 3.8) is 0 Å². The second kappa shape index (κ2) is 8.22. The minimum atomic E-state index is 0.857. The first-order chi connectivity index (χ1) is 7.83. The average molecular weight is 221 g/mol. The average Bonchev–Trinajstić information content (AvgIpc) is 2.30. The van der Waals surface area contributed by atoms with Crippen molar-refractivity contribution in [3.8, 4) is 0 Å². The number of hydrogen-bond donors (Lipinski definition) is 1. The molecule has 1 rings (SSSR count). The van der Waals surface area contributed by atoms with E-state index < -0.39 is 0 Å². The van der Waals surface area contributed by atoms with E-state index in [1.54, 1.807) is 0 Å². The summed E-state index contributed by atoms with van der Waals surface area (Å²) in [6, 6.07) is 0. The first-order valence-electron chi connectivity index (χ1n) is 6.25. The number of aryl methyl sites for hydroxylation is 2. The van der Waals surface area contributed by atoms with Crippen molar-refractivity contribution in [2.75, 3.05) is 13.6 Å². The van der Waals surface area contributed by atoms with Gasteiger partial charge in [-0.25, -0.2) is 9.97 Å². The molecule has 0 aromatic carbocycles. The van der Waals surface area contributed by atoms with Gasteiger partial charge in [-0.3, -0.25) is 0 Å². The monoisotopic (exact) mass is 221 g/mol. The van der Waals surface area contributed by atoms with Crippen LogP contribution in [0.15, 0.2) is 12.4 Å². The number of unbranched alkanes of at least 4 members (excludes halogenated alkanes) is 4. The highest BCUT2D eigenvalue weighted by Gasteiger charge is 1.95. The molecule has 0 aliphatic rings. The van der Waals surface area contributed by atoms with Gasteiger partial charge in [0, 0.05) is 12.4 Å². The van der Waals surface area contributed by atoms with E-state index in [0.29, 0.717) is 0 Å². The van der Waals surface area contributed by atoms with Gasteiger partial charge in [-0.15, -0.1) is 0 Å². The molecule has 90 valence electrons. The zero-order chi connectivity index (χ0) is 11.6. The van der Waals surface area contributed by atoms with Crippen LogP contribution in [0.3, 0.4) is 0 Å². The van der Waals surface area contributed by atoms with Crippen molar-refractivity contribution in [1.82, 2.24) is 15.3 Å². The Labute approximate surface area is 98.7 Å². The second-order valence-electron chi connectivity index (χ2n) is 4.26. The molecular formula is C13H23N3. The van der Waals surface area contributed by atoms with Gasteiger partial charge in [0.05, 0.1) is 0 Å². The molecule has 0 spiro atoms. The largest absolute Gasteiger partial charge is 0.320 e. The predicted molar refractivity (Wildman–Crippen MR) is 67.5 cm³/mol. The van der Waals surface area contributed by atoms with E-state index >= 15 is 0 Å². The molecule has 0 atom stereocenters. The lowest BCUT2D eigenvalue weighted by atomic mass is 10.1. The molecule has 16 heavy (non-hydrogen) atoms. The third kappa shape index (κ3) is 5.81. The third-order valence-corrected chi connectivity index (χ3v) is 2.73. The van der Waals surface area contributed by atoms with Crippen LogP contribution in [-0.4, -0.2) is 23.6 Å². The molecule has 0 radical (unpaired) electrons. The third-order valence-electron chi connectivity index (χ3n) is 2.73. The van der Waals surface area contributed by atoms with Crippen LogP contribution in [-0.2, 0) is 6.42 Å². The fraction of sp³-hybridized carbons (Fsp3) is 0.692. The van der Waals surface area contributed by atoms with Crippen molar-refractivity contribution >= 4 is 0 Å². The van der Waals surface area contributed by atoms with Crippen molar-refractivity contribution < 1.29 is 0 Å². The molecule has 0 aliphatic carbocycles. The maximum atomic E-state index is 4.20. The van der Waals surface area contributed by atoms with Crippen LogP contribution >= 0.6 is 0 Å². The standard InChI is InChI=1S/C13H23N3/c1-12-15-10-13(11-16-12)8-6-4-3-5-7-9-14-2/h10-11,14H,3-9H2,1-2H3. The molecule has 0 saturated heterocycles. The van der Waals surface area contributed by atoms with Crippen molar-refractivity contribution in [2.45, 2.75) is 45.4 Å². The van der Waals surface area contributed by atoms with Gasteiger partial charge < -0.3 is 5.32 Å². The van der Waals surface area contributed by atoms with Gasteiger partial charge in [-0.2, -0.15) is 0 Å². The minimum absolute atomic E-state index is 0.857. The molecule has 0 unspecified atom stereocenters. The summed E-state index contributed by atoms with van der Waals surface area (Å²) in [5.41, 5.74) is 1.26. The van der Waals surface area contributed by atoms with E-state index in [0.717, 1.165) is 18.8 Å². The van der Waals surface area contributed by atoms with Gasteiger partial charge in [0.2, 0.25) is 0 Å². The van der Waals surface area contributed by atoms with Crippen LogP contribution < -0.4 is 5.32 Å². The molecular weight excluding hydrogens is 198 g/mol. The van der Waals surface area contributed by atoms with Crippen LogP contribution in [0.5, 0.6) is 0 Å². The highest BCUT2D eigenvalue weighted by molar-refractivity contribution is 5.04. The predicted octanol–water partition coefficient (Wildman–Crippen LogP) is 2.50. The lowest BCUT2D eigenvalue weighted by Gasteiger charge is -2.02. The first-order valence-corrected chi connectivity index (χ1v) is 6.25. The fourth-order valence-electron chi connectivity index (χ4n) is 1.71. The Bertz CT molecular complexity index is 269. The summed E-state index contributed by atoms with van der Waals surface area (Å²) >= 11 is 0. The lowest BCUT2D eigenvalue weighted by molar-refractivity contribution is 0.596. The number of aromatic nitrogens is 2. The second-order valence-corrected chi connectivity index (χ2v) is 4.26. The van der Waals surface area contributed by atoms with Crippen molar-refractivity contribution in [3.05, 3.63) is 23.8 Å². The molecule has 1 aromatic heterocycles. The molecule has 0 saturated carbocycles. The molecule has 0 fully saturated rings. The first kappa shape index (κ1) is 13.1. The summed E-state index contributed by atoms with van der Waals surface area (Å²) in [6.07, 6.45) is 11.6. The van der Waals surface area contributed by atoms with Gasteiger partial charge in [0.1, 0.15) is 5.82 Å². The summed E-state index contributed by atoms with van der Waals surface area (Å²) in [4.78, 5) is 8.40. The number of rotatable bonds is 8. The zero-order valence-corrected chi connectivity index (χ0v) is 10.5. The van der Waals surface area contributed by atoms with Crippen LogP contribution in [0, 0.1) is 6.92 Å². The summed E-state index contributed by atoms with van der Waals surface area (Å²) in [6.45, 7) is 3.07. The Kier molecular flexibility index (Phi) is 6.74. The quantitative estimate of drug-likeness (QED) is 0.685. The van der Waals surface area contributed by atoms with E-state index in [1.807, 2.05) is 26.4 Å². The summed E-state index contributed by atoms with van der Waals surface area (Å²) in [7, 11) is 2.01. The van der Waals surface area contributed by atoms with Gasteiger partial charge >= 0.3 is 0 Å². The van der Waals surface area contributed by atoms with E-state index in [-0.39, 0.29) is 0 Å². The topological polar surface area (TPSA) is 37.8 Å². The van der Waals surface area contributed by atoms with Crippen LogP contribution in [0.1, 0.15) is 43.5 Å². The fourth-order valence-corrected chi connectivity index (χ4v) is 1.71. The Morgan fingerprint density at radius 1 is 1.00 bits per heavy atom. The normalized spacial score (nSPS) is 10.6. The van der Waals surface area contributed by atoms with E-state index in [4.69, 9.17) is 0 Å². The minimum Gasteiger partial charge on any atom is -0.320 e. The summed E-state index contributed by atoms with van der Waals surface area (Å²) < 4.78 is 0. The molecule has 1 heterocycles. The number of hydrogen-bond acceptors (Lipinski definition) is 3. The Balaban J connectivity index is 2.01. The molecule has 3 nitrogen and oxygen atoms in total. The van der Waals surface area contributed by atoms with Crippen LogP contribution in [0.25, 0.3) is 0 Å². The summed E-state index contributed by atoms with van der Waals surface area (Å²) in [5.74, 6) is 0.857. The highest BCUT2D eigenvalue weighted by atomic mass is 14.8. The van der Waals surface area contributed by atoms with Crippen molar-refractivity contribution in [2.24, 2.45) is 0 Å². The van der Waals surface area contributed by atoms with Gasteiger partial charge in [0.25, 0.3) is 0 Å². The molecule has 0 amide bonds. The Morgan fingerprint density at radius 2 is 1.62 bits per heavy atom. The van der Waals surface area contributed by atoms with Crippen molar-refractivity contribution in [1.29, 1.82) is 0 Å². The van der Waals surface area contributed by atoms with E-state index in [9.17, 15) is 0 Å². The van der Waals surface area contributed by atoms with E-state index in [2.05, 4.69) is 15.3 Å². The van der Waals surface area contributed by atoms with Gasteiger partial charge in [-0.05, 0) is 45.3 Å². The SMILES string of the molecule is CNCCCCCCCc1cnc(C)nc1. The van der Waals surface area contributed by atoms with E-state index in [1.165, 1.54) is 37.7 Å². The lowest BCUT2D eigenvalue weighted by Crippen LogP contribution is -2.06. The molecule has 1 aromatic rings. The van der Waals surface area contributed by atoms with Crippen LogP contribution in [0.4, 0.5) is 0 Å². The molecule has 0 aliphatic heterocycles. The van der Waals surface area contributed by atoms with Gasteiger partial charge in [-0.1, -0.05) is 19.3 Å². The van der Waals surface area contributed by atoms with Gasteiger partial charge in [0.15, 0.2) is 0 Å². The molecule has 0 bridgehead atoms. The number of nitrogens with one attached hydrogen (secondary N) is 1. The summed E-state index contributed by atoms with van der Waals surface area (Å²) in [5, 5.41) is 3.17. The van der Waals surface area contributed by atoms with Crippen LogP contribution in [0.2, 0.25) is 0 Å². The Hall–Kier alpha value is -0.960. The maximum Gasteiger partial charge on any atom is 0.125 e.